The monoisotopic (exact) mass is 312 g/mol. The summed E-state index contributed by atoms with van der Waals surface area (Å²) in [6.45, 7) is 5.33. The standard InChI is InChI=1S/C14H24N4O2S/c1-2-7-16-12-13-5-10-18(11-6-13)21(19,20)17-14-3-8-15-9-4-14/h3-4,8-9,13,16H,2,5-7,10-12H2,1H3,(H,15,17). The summed E-state index contributed by atoms with van der Waals surface area (Å²) in [5, 5.41) is 3.41. The molecule has 6 nitrogen and oxygen atoms in total. The Hall–Kier alpha value is -1.18. The van der Waals surface area contributed by atoms with Crippen molar-refractivity contribution in [2.75, 3.05) is 30.9 Å². The van der Waals surface area contributed by atoms with Crippen LogP contribution in [0.1, 0.15) is 26.2 Å². The van der Waals surface area contributed by atoms with Gasteiger partial charge in [-0.05, 0) is 50.4 Å². The molecule has 1 aliphatic heterocycles. The zero-order chi connectivity index (χ0) is 15.1. The molecule has 1 aliphatic rings. The summed E-state index contributed by atoms with van der Waals surface area (Å²) < 4.78 is 28.7. The van der Waals surface area contributed by atoms with Crippen molar-refractivity contribution in [1.82, 2.24) is 14.6 Å². The fourth-order valence-corrected chi connectivity index (χ4v) is 3.72. The normalized spacial score (nSPS) is 17.8. The van der Waals surface area contributed by atoms with Gasteiger partial charge in [-0.3, -0.25) is 9.71 Å². The largest absolute Gasteiger partial charge is 0.316 e. The molecule has 21 heavy (non-hydrogen) atoms. The van der Waals surface area contributed by atoms with Crippen molar-refractivity contribution in [2.45, 2.75) is 26.2 Å². The van der Waals surface area contributed by atoms with Crippen LogP contribution in [0.5, 0.6) is 0 Å². The van der Waals surface area contributed by atoms with Crippen LogP contribution in [0, 0.1) is 5.92 Å². The maximum Gasteiger partial charge on any atom is 0.301 e. The first-order valence-electron chi connectivity index (χ1n) is 7.50. The number of piperidine rings is 1. The second kappa shape index (κ2) is 7.72. The van der Waals surface area contributed by atoms with Gasteiger partial charge in [0.15, 0.2) is 0 Å². The third-order valence-electron chi connectivity index (χ3n) is 3.70. The Balaban J connectivity index is 1.83. The second-order valence-corrected chi connectivity index (χ2v) is 7.06. The van der Waals surface area contributed by atoms with Crippen LogP contribution >= 0.6 is 0 Å². The molecule has 2 N–H and O–H groups in total. The summed E-state index contributed by atoms with van der Waals surface area (Å²) >= 11 is 0. The third kappa shape index (κ3) is 4.94. The van der Waals surface area contributed by atoms with E-state index in [4.69, 9.17) is 0 Å². The summed E-state index contributed by atoms with van der Waals surface area (Å²) in [4.78, 5) is 3.88. The number of aromatic nitrogens is 1. The Morgan fingerprint density at radius 3 is 2.57 bits per heavy atom. The highest BCUT2D eigenvalue weighted by Gasteiger charge is 2.27. The average Bonchev–Trinajstić information content (AvgIpc) is 2.49. The molecular formula is C14H24N4O2S. The number of rotatable bonds is 7. The Bertz CT molecular complexity index is 513. The van der Waals surface area contributed by atoms with Gasteiger partial charge in [-0.15, -0.1) is 0 Å². The molecule has 1 aromatic rings. The SMILES string of the molecule is CCCNCC1CCN(S(=O)(=O)Nc2ccncc2)CC1. The van der Waals surface area contributed by atoms with Crippen LogP contribution in [0.3, 0.4) is 0 Å². The van der Waals surface area contributed by atoms with Gasteiger partial charge in [0.1, 0.15) is 0 Å². The lowest BCUT2D eigenvalue weighted by molar-refractivity contribution is 0.269. The van der Waals surface area contributed by atoms with Crippen molar-refractivity contribution in [3.63, 3.8) is 0 Å². The van der Waals surface area contributed by atoms with Crippen LogP contribution in [-0.2, 0) is 10.2 Å². The minimum atomic E-state index is -3.45. The Morgan fingerprint density at radius 2 is 1.95 bits per heavy atom. The highest BCUT2D eigenvalue weighted by Crippen LogP contribution is 2.20. The fraction of sp³-hybridized carbons (Fsp3) is 0.643. The van der Waals surface area contributed by atoms with Crippen LogP contribution < -0.4 is 10.0 Å². The molecule has 0 radical (unpaired) electrons. The van der Waals surface area contributed by atoms with Crippen molar-refractivity contribution >= 4 is 15.9 Å². The maximum absolute atomic E-state index is 12.3. The van der Waals surface area contributed by atoms with Gasteiger partial charge < -0.3 is 5.32 Å². The van der Waals surface area contributed by atoms with E-state index in [1.807, 2.05) is 0 Å². The zero-order valence-corrected chi connectivity index (χ0v) is 13.3. The summed E-state index contributed by atoms with van der Waals surface area (Å²) in [5.74, 6) is 0.573. The molecule has 7 heteroatoms. The van der Waals surface area contributed by atoms with E-state index >= 15 is 0 Å². The fourth-order valence-electron chi connectivity index (χ4n) is 2.47. The third-order valence-corrected chi connectivity index (χ3v) is 5.24. The Kier molecular flexibility index (Phi) is 5.96. The molecule has 1 aromatic heterocycles. The van der Waals surface area contributed by atoms with Gasteiger partial charge in [0.2, 0.25) is 0 Å². The van der Waals surface area contributed by atoms with Crippen molar-refractivity contribution in [3.8, 4) is 0 Å². The first-order valence-corrected chi connectivity index (χ1v) is 8.94. The minimum absolute atomic E-state index is 0.553. The highest BCUT2D eigenvalue weighted by atomic mass is 32.2. The minimum Gasteiger partial charge on any atom is -0.316 e. The van der Waals surface area contributed by atoms with Crippen molar-refractivity contribution in [2.24, 2.45) is 5.92 Å². The summed E-state index contributed by atoms with van der Waals surface area (Å²) in [6, 6.07) is 3.30. The van der Waals surface area contributed by atoms with E-state index in [9.17, 15) is 8.42 Å². The Labute approximate surface area is 127 Å². The van der Waals surface area contributed by atoms with Crippen LogP contribution in [0.15, 0.2) is 24.5 Å². The molecule has 1 fully saturated rings. The second-order valence-electron chi connectivity index (χ2n) is 5.39. The summed E-state index contributed by atoms with van der Waals surface area (Å²) in [5.41, 5.74) is 0.553. The molecule has 0 amide bonds. The van der Waals surface area contributed by atoms with Crippen molar-refractivity contribution in [3.05, 3.63) is 24.5 Å². The highest BCUT2D eigenvalue weighted by molar-refractivity contribution is 7.90. The quantitative estimate of drug-likeness (QED) is 0.747. The molecule has 0 aliphatic carbocycles. The lowest BCUT2D eigenvalue weighted by Gasteiger charge is -2.31. The number of hydrogen-bond acceptors (Lipinski definition) is 4. The molecule has 2 heterocycles. The van der Waals surface area contributed by atoms with Crippen LogP contribution in [0.4, 0.5) is 5.69 Å². The van der Waals surface area contributed by atoms with Gasteiger partial charge in [-0.1, -0.05) is 6.92 Å². The van der Waals surface area contributed by atoms with Gasteiger partial charge in [0.05, 0.1) is 5.69 Å². The van der Waals surface area contributed by atoms with E-state index in [0.717, 1.165) is 32.4 Å². The smallest absolute Gasteiger partial charge is 0.301 e. The molecule has 0 unspecified atom stereocenters. The van der Waals surface area contributed by atoms with Gasteiger partial charge >= 0.3 is 10.2 Å². The number of anilines is 1. The molecule has 118 valence electrons. The van der Waals surface area contributed by atoms with Crippen molar-refractivity contribution < 1.29 is 8.42 Å². The number of pyridine rings is 1. The average molecular weight is 312 g/mol. The van der Waals surface area contributed by atoms with Crippen LogP contribution in [-0.4, -0.2) is 43.9 Å². The topological polar surface area (TPSA) is 74.3 Å². The van der Waals surface area contributed by atoms with E-state index in [1.54, 1.807) is 24.5 Å². The first-order chi connectivity index (χ1) is 10.1. The zero-order valence-electron chi connectivity index (χ0n) is 12.5. The molecule has 0 bridgehead atoms. The van der Waals surface area contributed by atoms with Crippen LogP contribution in [0.25, 0.3) is 0 Å². The van der Waals surface area contributed by atoms with Gasteiger partial charge in [-0.2, -0.15) is 12.7 Å². The maximum atomic E-state index is 12.3. The lowest BCUT2D eigenvalue weighted by atomic mass is 9.98. The predicted octanol–water partition coefficient (Wildman–Crippen LogP) is 1.45. The molecule has 0 aromatic carbocycles. The molecule has 0 atom stereocenters. The summed E-state index contributed by atoms with van der Waals surface area (Å²) in [6.07, 6.45) is 6.10. The first kappa shape index (κ1) is 16.2. The van der Waals surface area contributed by atoms with E-state index in [-0.39, 0.29) is 0 Å². The number of nitrogens with one attached hydrogen (secondary N) is 2. The predicted molar refractivity (Wildman–Crippen MR) is 84.2 cm³/mol. The van der Waals surface area contributed by atoms with Gasteiger partial charge in [0, 0.05) is 25.5 Å². The Morgan fingerprint density at radius 1 is 1.29 bits per heavy atom. The van der Waals surface area contributed by atoms with Gasteiger partial charge in [0.25, 0.3) is 0 Å². The molecule has 2 rings (SSSR count). The molecule has 0 spiro atoms. The lowest BCUT2D eigenvalue weighted by Crippen LogP contribution is -2.43. The summed E-state index contributed by atoms with van der Waals surface area (Å²) in [7, 11) is -3.45. The van der Waals surface area contributed by atoms with E-state index in [0.29, 0.717) is 24.7 Å². The number of nitrogens with zero attached hydrogens (tertiary/aromatic N) is 2. The molecular weight excluding hydrogens is 288 g/mol. The number of hydrogen-bond donors (Lipinski definition) is 2. The van der Waals surface area contributed by atoms with Crippen molar-refractivity contribution in [1.29, 1.82) is 0 Å². The van der Waals surface area contributed by atoms with E-state index in [1.165, 1.54) is 4.31 Å². The molecule has 0 saturated carbocycles. The van der Waals surface area contributed by atoms with E-state index < -0.39 is 10.2 Å². The van der Waals surface area contributed by atoms with E-state index in [2.05, 4.69) is 21.9 Å². The van der Waals surface area contributed by atoms with Gasteiger partial charge in [-0.25, -0.2) is 0 Å². The van der Waals surface area contributed by atoms with Crippen LogP contribution in [0.2, 0.25) is 0 Å². The molecule has 1 saturated heterocycles.